The number of carboxylic acid groups (broad SMARTS) is 1. The monoisotopic (exact) mass is 242 g/mol. The van der Waals surface area contributed by atoms with E-state index in [0.29, 0.717) is 16.5 Å². The Morgan fingerprint density at radius 3 is 2.67 bits per heavy atom. The summed E-state index contributed by atoms with van der Waals surface area (Å²) >= 11 is 0. The summed E-state index contributed by atoms with van der Waals surface area (Å²) in [5.74, 6) is -1.16. The van der Waals surface area contributed by atoms with Gasteiger partial charge in [-0.15, -0.1) is 0 Å². The van der Waals surface area contributed by atoms with Crippen LogP contribution in [0.4, 0.5) is 0 Å². The molecular weight excluding hydrogens is 232 g/mol. The van der Waals surface area contributed by atoms with Crippen molar-refractivity contribution in [2.45, 2.75) is 0 Å². The zero-order valence-corrected chi connectivity index (χ0v) is 9.42. The lowest BCUT2D eigenvalue weighted by Crippen LogP contribution is -2.03. The third-order valence-electron chi connectivity index (χ3n) is 2.46. The molecule has 18 heavy (non-hydrogen) atoms. The number of ether oxygens (including phenoxy) is 1. The van der Waals surface area contributed by atoms with Gasteiger partial charge in [0, 0.05) is 11.5 Å². The van der Waals surface area contributed by atoms with Crippen molar-refractivity contribution in [3.05, 3.63) is 54.6 Å². The summed E-state index contributed by atoms with van der Waals surface area (Å²) in [6.07, 6.45) is 1.07. The van der Waals surface area contributed by atoms with Crippen molar-refractivity contribution in [1.29, 1.82) is 0 Å². The van der Waals surface area contributed by atoms with E-state index in [0.717, 1.165) is 6.08 Å². The molecule has 2 rings (SSSR count). The highest BCUT2D eigenvalue weighted by Crippen LogP contribution is 2.26. The van der Waals surface area contributed by atoms with E-state index in [1.165, 1.54) is 12.1 Å². The summed E-state index contributed by atoms with van der Waals surface area (Å²) in [7, 11) is 0. The Balaban J connectivity index is 2.53. The minimum atomic E-state index is -0.995. The van der Waals surface area contributed by atoms with Crippen molar-refractivity contribution in [3.8, 4) is 5.75 Å². The summed E-state index contributed by atoms with van der Waals surface area (Å²) < 4.78 is 5.07. The summed E-state index contributed by atoms with van der Waals surface area (Å²) in [6, 6.07) is 9.71. The number of carbonyl (C=O) groups excluding carboxylic acids is 1. The summed E-state index contributed by atoms with van der Waals surface area (Å²) in [5.41, 5.74) is 0.190. The largest absolute Gasteiger partial charge is 0.478 e. The number of esters is 1. The molecule has 0 spiro atoms. The van der Waals surface area contributed by atoms with Crippen molar-refractivity contribution in [2.24, 2.45) is 0 Å². The molecule has 0 aliphatic heterocycles. The van der Waals surface area contributed by atoms with E-state index in [1.54, 1.807) is 24.3 Å². The Labute approximate surface area is 103 Å². The zero-order valence-electron chi connectivity index (χ0n) is 9.42. The van der Waals surface area contributed by atoms with Crippen LogP contribution in [0.1, 0.15) is 10.4 Å². The Bertz CT molecular complexity index is 643. The molecule has 0 radical (unpaired) electrons. The van der Waals surface area contributed by atoms with Crippen molar-refractivity contribution in [1.82, 2.24) is 0 Å². The van der Waals surface area contributed by atoms with E-state index in [9.17, 15) is 9.59 Å². The van der Waals surface area contributed by atoms with E-state index in [2.05, 4.69) is 6.58 Å². The predicted octanol–water partition coefficient (Wildman–Crippen LogP) is 2.63. The molecule has 0 amide bonds. The molecule has 90 valence electrons. The number of carbonyl (C=O) groups is 2. The van der Waals surface area contributed by atoms with Gasteiger partial charge in [-0.25, -0.2) is 9.59 Å². The van der Waals surface area contributed by atoms with Gasteiger partial charge in [0.1, 0.15) is 5.75 Å². The van der Waals surface area contributed by atoms with E-state index in [-0.39, 0.29) is 5.56 Å². The van der Waals surface area contributed by atoms with Crippen LogP contribution in [-0.2, 0) is 4.79 Å². The minimum Gasteiger partial charge on any atom is -0.478 e. The van der Waals surface area contributed by atoms with Gasteiger partial charge in [-0.2, -0.15) is 0 Å². The number of carboxylic acids is 1. The van der Waals surface area contributed by atoms with Crippen molar-refractivity contribution >= 4 is 22.7 Å². The summed E-state index contributed by atoms with van der Waals surface area (Å²) in [6.45, 7) is 3.32. The van der Waals surface area contributed by atoms with E-state index in [4.69, 9.17) is 9.84 Å². The Hall–Kier alpha value is -2.62. The molecule has 0 bridgehead atoms. The van der Waals surface area contributed by atoms with Crippen LogP contribution in [0.5, 0.6) is 5.75 Å². The van der Waals surface area contributed by atoms with Crippen molar-refractivity contribution in [3.63, 3.8) is 0 Å². The van der Waals surface area contributed by atoms with Gasteiger partial charge < -0.3 is 9.84 Å². The maximum absolute atomic E-state index is 11.2. The first-order valence-corrected chi connectivity index (χ1v) is 5.22. The molecule has 0 aliphatic carbocycles. The number of benzene rings is 2. The molecule has 0 fully saturated rings. The molecule has 0 saturated heterocycles. The molecule has 2 aromatic carbocycles. The quantitative estimate of drug-likeness (QED) is 0.510. The van der Waals surface area contributed by atoms with Crippen LogP contribution >= 0.6 is 0 Å². The lowest BCUT2D eigenvalue weighted by Gasteiger charge is -2.06. The lowest BCUT2D eigenvalue weighted by atomic mass is 10.1. The molecule has 4 heteroatoms. The molecule has 1 N–H and O–H groups in total. The number of rotatable bonds is 3. The highest BCUT2D eigenvalue weighted by molar-refractivity contribution is 5.97. The topological polar surface area (TPSA) is 63.6 Å². The molecule has 0 aromatic heterocycles. The highest BCUT2D eigenvalue weighted by atomic mass is 16.5. The molecule has 0 unspecified atom stereocenters. The van der Waals surface area contributed by atoms with Crippen LogP contribution in [0.3, 0.4) is 0 Å². The first-order chi connectivity index (χ1) is 8.61. The van der Waals surface area contributed by atoms with Gasteiger partial charge in [-0.1, -0.05) is 18.7 Å². The number of hydrogen-bond acceptors (Lipinski definition) is 3. The molecule has 4 nitrogen and oxygen atoms in total. The molecule has 0 aliphatic rings. The second kappa shape index (κ2) is 4.71. The normalized spacial score (nSPS) is 10.0. The second-order valence-electron chi connectivity index (χ2n) is 3.62. The highest BCUT2D eigenvalue weighted by Gasteiger charge is 2.08. The fourth-order valence-corrected chi connectivity index (χ4v) is 1.63. The van der Waals surface area contributed by atoms with Crippen LogP contribution in [0, 0.1) is 0 Å². The third kappa shape index (κ3) is 2.22. The van der Waals surface area contributed by atoms with Crippen LogP contribution < -0.4 is 4.74 Å². The molecule has 2 aromatic rings. The fraction of sp³-hybridized carbons (Fsp3) is 0. The first kappa shape index (κ1) is 11.9. The molecular formula is C14H10O4. The smallest absolute Gasteiger partial charge is 0.335 e. The second-order valence-corrected chi connectivity index (χ2v) is 3.62. The van der Waals surface area contributed by atoms with Gasteiger partial charge in [0.25, 0.3) is 0 Å². The first-order valence-electron chi connectivity index (χ1n) is 5.22. The van der Waals surface area contributed by atoms with Crippen LogP contribution in [0.25, 0.3) is 10.8 Å². The van der Waals surface area contributed by atoms with Crippen LogP contribution in [0.15, 0.2) is 49.1 Å². The molecule has 0 saturated carbocycles. The average molecular weight is 242 g/mol. The SMILES string of the molecule is C=CC(=O)Oc1cccc2cc(C(=O)O)ccc12. The van der Waals surface area contributed by atoms with Gasteiger partial charge in [-0.3, -0.25) is 0 Å². The Kier molecular flexibility index (Phi) is 3.10. The van der Waals surface area contributed by atoms with Gasteiger partial charge >= 0.3 is 11.9 Å². The number of fused-ring (bicyclic) bond motifs is 1. The number of aromatic carboxylic acids is 1. The zero-order chi connectivity index (χ0) is 13.1. The third-order valence-corrected chi connectivity index (χ3v) is 2.46. The number of hydrogen-bond donors (Lipinski definition) is 1. The molecule has 0 atom stereocenters. The van der Waals surface area contributed by atoms with Gasteiger partial charge in [0.05, 0.1) is 5.56 Å². The average Bonchev–Trinajstić information content (AvgIpc) is 2.38. The van der Waals surface area contributed by atoms with Gasteiger partial charge in [0.2, 0.25) is 0 Å². The maximum atomic E-state index is 11.2. The van der Waals surface area contributed by atoms with E-state index >= 15 is 0 Å². The standard InChI is InChI=1S/C14H10O4/c1-2-13(15)18-12-5-3-4-9-8-10(14(16)17)6-7-11(9)12/h2-8H,1H2,(H,16,17). The van der Waals surface area contributed by atoms with Gasteiger partial charge in [0.15, 0.2) is 0 Å². The van der Waals surface area contributed by atoms with Crippen molar-refractivity contribution < 1.29 is 19.4 Å². The van der Waals surface area contributed by atoms with E-state index in [1.807, 2.05) is 0 Å². The fourth-order valence-electron chi connectivity index (χ4n) is 1.63. The summed E-state index contributed by atoms with van der Waals surface area (Å²) in [5, 5.41) is 10.3. The predicted molar refractivity (Wildman–Crippen MR) is 66.7 cm³/mol. The Morgan fingerprint density at radius 2 is 2.00 bits per heavy atom. The molecule has 0 heterocycles. The maximum Gasteiger partial charge on any atom is 0.335 e. The van der Waals surface area contributed by atoms with Crippen LogP contribution in [-0.4, -0.2) is 17.0 Å². The minimum absolute atomic E-state index is 0.190. The van der Waals surface area contributed by atoms with Crippen LogP contribution in [0.2, 0.25) is 0 Å². The Morgan fingerprint density at radius 1 is 1.22 bits per heavy atom. The van der Waals surface area contributed by atoms with E-state index < -0.39 is 11.9 Å². The van der Waals surface area contributed by atoms with Gasteiger partial charge in [-0.05, 0) is 29.7 Å². The lowest BCUT2D eigenvalue weighted by molar-refractivity contribution is -0.128. The summed E-state index contributed by atoms with van der Waals surface area (Å²) in [4.78, 5) is 22.0. The van der Waals surface area contributed by atoms with Crippen molar-refractivity contribution in [2.75, 3.05) is 0 Å².